The molecule has 0 spiro atoms. The normalized spacial score (nSPS) is 11.3. The Balaban J connectivity index is 2.44. The summed E-state index contributed by atoms with van der Waals surface area (Å²) >= 11 is 1.23. The number of halogens is 1. The number of carbonyl (C=O) groups excluding carboxylic acids is 1. The van der Waals surface area contributed by atoms with Gasteiger partial charge in [0, 0.05) is 22.8 Å². The minimum atomic E-state index is -0.448. The number of thiophene rings is 1. The maximum Gasteiger partial charge on any atom is 0.349 e. The van der Waals surface area contributed by atoms with Gasteiger partial charge in [-0.3, -0.25) is 0 Å². The molecule has 1 heterocycles. The van der Waals surface area contributed by atoms with E-state index in [1.165, 1.54) is 24.5 Å². The topological polar surface area (TPSA) is 35.5 Å². The van der Waals surface area contributed by atoms with E-state index in [1.807, 2.05) is 6.92 Å². The van der Waals surface area contributed by atoms with Crippen molar-refractivity contribution in [3.8, 4) is 0 Å². The van der Waals surface area contributed by atoms with E-state index in [4.69, 9.17) is 9.47 Å². The third-order valence-electron chi connectivity index (χ3n) is 2.78. The summed E-state index contributed by atoms with van der Waals surface area (Å²) < 4.78 is 24.9. The van der Waals surface area contributed by atoms with Gasteiger partial charge in [-0.25, -0.2) is 9.18 Å². The van der Waals surface area contributed by atoms with Crippen LogP contribution in [0.2, 0.25) is 0 Å². The molecule has 0 bridgehead atoms. The van der Waals surface area contributed by atoms with Gasteiger partial charge in [0.15, 0.2) is 0 Å². The van der Waals surface area contributed by atoms with Crippen LogP contribution < -0.4 is 0 Å². The van der Waals surface area contributed by atoms with Crippen molar-refractivity contribution in [2.24, 2.45) is 0 Å². The summed E-state index contributed by atoms with van der Waals surface area (Å²) in [6, 6.07) is 4.79. The molecule has 2 aromatic rings. The summed E-state index contributed by atoms with van der Waals surface area (Å²) in [5.41, 5.74) is 0.552. The minimum absolute atomic E-state index is 0.176. The minimum Gasteiger partial charge on any atom is -0.457 e. The van der Waals surface area contributed by atoms with Crippen LogP contribution in [-0.4, -0.2) is 19.7 Å². The predicted octanol–water partition coefficient (Wildman–Crippen LogP) is 3.92. The van der Waals surface area contributed by atoms with Crippen LogP contribution in [0.4, 0.5) is 4.39 Å². The van der Waals surface area contributed by atoms with Gasteiger partial charge in [0.1, 0.15) is 17.3 Å². The average Bonchev–Trinajstić information content (AvgIpc) is 2.80. The number of ether oxygens (including phenoxy) is 2. The van der Waals surface area contributed by atoms with Crippen LogP contribution in [-0.2, 0) is 16.1 Å². The van der Waals surface area contributed by atoms with E-state index < -0.39 is 5.97 Å². The Hall–Kier alpha value is -1.72. The second kappa shape index (κ2) is 6.63. The Kier molecular flexibility index (Phi) is 4.87. The van der Waals surface area contributed by atoms with Gasteiger partial charge >= 0.3 is 5.97 Å². The number of rotatable bonds is 5. The number of fused-ring (bicyclic) bond motifs is 1. The molecule has 5 heteroatoms. The first kappa shape index (κ1) is 14.7. The van der Waals surface area contributed by atoms with Gasteiger partial charge in [-0.2, -0.15) is 0 Å². The summed E-state index contributed by atoms with van der Waals surface area (Å²) in [4.78, 5) is 12.5. The second-order valence-corrected chi connectivity index (χ2v) is 5.18. The van der Waals surface area contributed by atoms with Crippen LogP contribution in [0.3, 0.4) is 0 Å². The smallest absolute Gasteiger partial charge is 0.349 e. The van der Waals surface area contributed by atoms with Gasteiger partial charge in [-0.05, 0) is 19.1 Å². The van der Waals surface area contributed by atoms with Crippen molar-refractivity contribution in [3.63, 3.8) is 0 Å². The number of allylic oxidation sites excluding steroid dienone is 1. The van der Waals surface area contributed by atoms with Crippen molar-refractivity contribution < 1.29 is 18.7 Å². The SMILES string of the molecule is C/C=C/COC(=O)c1sc2cccc(F)c2c1COC. The van der Waals surface area contributed by atoms with Gasteiger partial charge in [0.2, 0.25) is 0 Å². The zero-order chi connectivity index (χ0) is 14.5. The molecule has 1 aromatic carbocycles. The Morgan fingerprint density at radius 1 is 1.45 bits per heavy atom. The maximum atomic E-state index is 13.9. The van der Waals surface area contributed by atoms with Gasteiger partial charge in [0.25, 0.3) is 0 Å². The number of benzene rings is 1. The number of hydrogen-bond donors (Lipinski definition) is 0. The zero-order valence-electron chi connectivity index (χ0n) is 11.3. The van der Waals surface area contributed by atoms with E-state index >= 15 is 0 Å². The van der Waals surface area contributed by atoms with Crippen molar-refractivity contribution in [2.45, 2.75) is 13.5 Å². The van der Waals surface area contributed by atoms with E-state index in [2.05, 4.69) is 0 Å². The van der Waals surface area contributed by atoms with Gasteiger partial charge in [0.05, 0.1) is 6.61 Å². The van der Waals surface area contributed by atoms with Crippen molar-refractivity contribution in [1.29, 1.82) is 0 Å². The van der Waals surface area contributed by atoms with Gasteiger partial charge < -0.3 is 9.47 Å². The summed E-state index contributed by atoms with van der Waals surface area (Å²) in [6.07, 6.45) is 3.54. The first-order valence-corrected chi connectivity index (χ1v) is 6.97. The molecule has 2 rings (SSSR count). The Morgan fingerprint density at radius 2 is 2.25 bits per heavy atom. The highest BCUT2D eigenvalue weighted by atomic mass is 32.1. The number of esters is 1. The fourth-order valence-electron chi connectivity index (χ4n) is 1.90. The van der Waals surface area contributed by atoms with Gasteiger partial charge in [-0.15, -0.1) is 11.3 Å². The van der Waals surface area contributed by atoms with E-state index in [0.29, 0.717) is 15.8 Å². The van der Waals surface area contributed by atoms with E-state index in [-0.39, 0.29) is 19.0 Å². The van der Waals surface area contributed by atoms with Crippen molar-refractivity contribution in [1.82, 2.24) is 0 Å². The quantitative estimate of drug-likeness (QED) is 0.619. The van der Waals surface area contributed by atoms with Crippen LogP contribution in [0.15, 0.2) is 30.4 Å². The summed E-state index contributed by atoms with van der Waals surface area (Å²) in [7, 11) is 1.51. The summed E-state index contributed by atoms with van der Waals surface area (Å²) in [5.74, 6) is -0.797. The van der Waals surface area contributed by atoms with Crippen LogP contribution in [0.25, 0.3) is 10.1 Å². The number of methoxy groups -OCH3 is 1. The van der Waals surface area contributed by atoms with E-state index in [1.54, 1.807) is 24.3 Å². The lowest BCUT2D eigenvalue weighted by molar-refractivity contribution is 0.0551. The van der Waals surface area contributed by atoms with Gasteiger partial charge in [-0.1, -0.05) is 18.2 Å². The monoisotopic (exact) mass is 294 g/mol. The lowest BCUT2D eigenvalue weighted by Gasteiger charge is -2.04. The van der Waals surface area contributed by atoms with Crippen LogP contribution in [0.5, 0.6) is 0 Å². The summed E-state index contributed by atoms with van der Waals surface area (Å²) in [5, 5.41) is 0.442. The molecule has 0 aliphatic rings. The Labute approximate surface area is 120 Å². The predicted molar refractivity (Wildman–Crippen MR) is 77.6 cm³/mol. The summed E-state index contributed by atoms with van der Waals surface area (Å²) in [6.45, 7) is 2.23. The molecule has 106 valence electrons. The van der Waals surface area contributed by atoms with Crippen LogP contribution >= 0.6 is 11.3 Å². The van der Waals surface area contributed by atoms with Crippen LogP contribution in [0.1, 0.15) is 22.2 Å². The van der Waals surface area contributed by atoms with E-state index in [0.717, 1.165) is 4.70 Å². The first-order chi connectivity index (χ1) is 9.69. The highest BCUT2D eigenvalue weighted by Crippen LogP contribution is 2.34. The standard InChI is InChI=1S/C15H15FO3S/c1-3-4-8-19-15(17)14-10(9-18-2)13-11(16)6-5-7-12(13)20-14/h3-7H,8-9H2,1-2H3/b4-3+. The Bertz CT molecular complexity index is 646. The first-order valence-electron chi connectivity index (χ1n) is 6.16. The zero-order valence-corrected chi connectivity index (χ0v) is 12.1. The third-order valence-corrected chi connectivity index (χ3v) is 3.96. The molecule has 0 aliphatic carbocycles. The number of carbonyl (C=O) groups is 1. The molecule has 20 heavy (non-hydrogen) atoms. The molecule has 0 saturated heterocycles. The molecular formula is C15H15FO3S. The molecule has 0 fully saturated rings. The highest BCUT2D eigenvalue weighted by Gasteiger charge is 2.21. The molecule has 0 amide bonds. The average molecular weight is 294 g/mol. The van der Waals surface area contributed by atoms with Crippen molar-refractivity contribution in [2.75, 3.05) is 13.7 Å². The Morgan fingerprint density at radius 3 is 2.95 bits per heavy atom. The lowest BCUT2D eigenvalue weighted by Crippen LogP contribution is -2.06. The molecule has 0 N–H and O–H groups in total. The van der Waals surface area contributed by atoms with E-state index in [9.17, 15) is 9.18 Å². The lowest BCUT2D eigenvalue weighted by atomic mass is 10.1. The molecule has 1 aromatic heterocycles. The molecule has 3 nitrogen and oxygen atoms in total. The third kappa shape index (κ3) is 2.89. The number of hydrogen-bond acceptors (Lipinski definition) is 4. The highest BCUT2D eigenvalue weighted by molar-refractivity contribution is 7.21. The maximum absolute atomic E-state index is 13.9. The molecule has 0 aliphatic heterocycles. The molecule has 0 radical (unpaired) electrons. The fraction of sp³-hybridized carbons (Fsp3) is 0.267. The van der Waals surface area contributed by atoms with Crippen molar-refractivity contribution in [3.05, 3.63) is 46.6 Å². The van der Waals surface area contributed by atoms with Crippen LogP contribution in [0, 0.1) is 5.82 Å². The molecule has 0 atom stereocenters. The molecule has 0 unspecified atom stereocenters. The largest absolute Gasteiger partial charge is 0.457 e. The fourth-order valence-corrected chi connectivity index (χ4v) is 3.02. The second-order valence-electron chi connectivity index (χ2n) is 4.12. The molecular weight excluding hydrogens is 279 g/mol. The molecule has 0 saturated carbocycles. The van der Waals surface area contributed by atoms with Crippen molar-refractivity contribution >= 4 is 27.4 Å².